The summed E-state index contributed by atoms with van der Waals surface area (Å²) in [6, 6.07) is 13.8. The molecule has 0 aliphatic heterocycles. The fourth-order valence-corrected chi connectivity index (χ4v) is 7.19. The van der Waals surface area contributed by atoms with Gasteiger partial charge in [0.05, 0.1) is 0 Å². The second-order valence-electron chi connectivity index (χ2n) is 8.76. The van der Waals surface area contributed by atoms with Gasteiger partial charge in [-0.05, 0) is 0 Å². The summed E-state index contributed by atoms with van der Waals surface area (Å²) < 4.78 is 3.37. The number of hydrogen-bond acceptors (Lipinski definition) is 0. The fourth-order valence-electron chi connectivity index (χ4n) is 4.11. The van der Waals surface area contributed by atoms with Crippen LogP contribution in [0.1, 0.15) is 57.7 Å². The SMILES string of the molecule is C[C](C)=[Zr][c]1c(C2=CC(C(C)(C)C)=CC2)ccc2c1Cc1ccccc1-2.Cl.Cl. The number of fused-ring (bicyclic) bond motifs is 3. The minimum atomic E-state index is -0.699. The van der Waals surface area contributed by atoms with Crippen LogP contribution in [0.3, 0.4) is 0 Å². The molecule has 4 rings (SSSR count). The first kappa shape index (κ1) is 23.5. The minimum absolute atomic E-state index is 0. The van der Waals surface area contributed by atoms with E-state index in [1.807, 2.05) is 0 Å². The van der Waals surface area contributed by atoms with E-state index >= 15 is 0 Å². The normalized spacial score (nSPS) is 14.0. The molecule has 0 atom stereocenters. The van der Waals surface area contributed by atoms with Crippen molar-refractivity contribution in [3.8, 4) is 11.1 Å². The molecule has 0 unspecified atom stereocenters. The Bertz CT molecular complexity index is 984. The smallest absolute Gasteiger partial charge is 0.147 e. The topological polar surface area (TPSA) is 0 Å². The number of allylic oxidation sites excluding steroid dienone is 4. The zero-order valence-corrected chi connectivity index (χ0v) is 21.4. The molecule has 0 N–H and O–H groups in total. The van der Waals surface area contributed by atoms with Crippen LogP contribution in [0.25, 0.3) is 16.7 Å². The van der Waals surface area contributed by atoms with Gasteiger partial charge in [-0.2, -0.15) is 0 Å². The van der Waals surface area contributed by atoms with Crippen LogP contribution < -0.4 is 3.27 Å². The number of halogens is 2. The van der Waals surface area contributed by atoms with Gasteiger partial charge < -0.3 is 0 Å². The second kappa shape index (κ2) is 8.95. The summed E-state index contributed by atoms with van der Waals surface area (Å²) in [4.78, 5) is 0. The third-order valence-electron chi connectivity index (χ3n) is 5.45. The first-order chi connectivity index (χ1) is 12.3. The van der Waals surface area contributed by atoms with Gasteiger partial charge in [-0.15, -0.1) is 24.8 Å². The summed E-state index contributed by atoms with van der Waals surface area (Å²) in [5.74, 6) is 0. The van der Waals surface area contributed by atoms with E-state index in [4.69, 9.17) is 0 Å². The van der Waals surface area contributed by atoms with Crippen LogP contribution in [0.15, 0.2) is 54.1 Å². The Morgan fingerprint density at radius 1 is 0.893 bits per heavy atom. The van der Waals surface area contributed by atoms with Gasteiger partial charge in [0.2, 0.25) is 0 Å². The molecule has 0 saturated heterocycles. The van der Waals surface area contributed by atoms with E-state index in [1.165, 1.54) is 27.8 Å². The molecule has 2 aliphatic rings. The van der Waals surface area contributed by atoms with Gasteiger partial charge in [0, 0.05) is 0 Å². The van der Waals surface area contributed by atoms with Crippen LogP contribution in [-0.4, -0.2) is 3.21 Å². The zero-order chi connectivity index (χ0) is 18.5. The predicted molar refractivity (Wildman–Crippen MR) is 125 cm³/mol. The third-order valence-corrected chi connectivity index (χ3v) is 8.69. The molecule has 2 aliphatic carbocycles. The molecule has 0 fully saturated rings. The Labute approximate surface area is 193 Å². The molecule has 0 nitrogen and oxygen atoms in total. The molecule has 2 aromatic carbocycles. The predicted octanol–water partition coefficient (Wildman–Crippen LogP) is 6.78. The molecule has 0 radical (unpaired) electrons. The van der Waals surface area contributed by atoms with Crippen LogP contribution >= 0.6 is 24.8 Å². The van der Waals surface area contributed by atoms with Crippen LogP contribution in [0, 0.1) is 5.41 Å². The van der Waals surface area contributed by atoms with Gasteiger partial charge in [-0.1, -0.05) is 0 Å². The van der Waals surface area contributed by atoms with Gasteiger partial charge in [0.1, 0.15) is 0 Å². The summed E-state index contributed by atoms with van der Waals surface area (Å²) in [6.45, 7) is 11.6. The Morgan fingerprint density at radius 3 is 2.21 bits per heavy atom. The van der Waals surface area contributed by atoms with Crippen molar-refractivity contribution in [2.75, 3.05) is 0 Å². The molecule has 28 heavy (non-hydrogen) atoms. The van der Waals surface area contributed by atoms with Gasteiger partial charge >= 0.3 is 170 Å². The summed E-state index contributed by atoms with van der Waals surface area (Å²) >= 11 is -0.699. The number of hydrogen-bond donors (Lipinski definition) is 0. The standard InChI is InChI=1S/C22H21.C3H6.2ClH.Zr/c1-22(2,3)19-10-8-16(14-19)15-9-11-21-18(12-15)13-17-6-4-5-7-20(17)21;1-3-2;;;/h4-7,9-11,14H,8,13H2,1-3H3;1-2H3;2*1H;. The average Bonchev–Trinajstić information content (AvgIpc) is 3.19. The van der Waals surface area contributed by atoms with Crippen molar-refractivity contribution in [1.29, 1.82) is 0 Å². The summed E-state index contributed by atoms with van der Waals surface area (Å²) in [6.07, 6.45) is 7.12. The Morgan fingerprint density at radius 2 is 1.57 bits per heavy atom. The number of benzene rings is 2. The van der Waals surface area contributed by atoms with Crippen molar-refractivity contribution in [2.45, 2.75) is 47.5 Å². The Balaban J connectivity index is 0.00000140. The molecule has 0 aromatic heterocycles. The quantitative estimate of drug-likeness (QED) is 0.371. The van der Waals surface area contributed by atoms with Crippen LogP contribution in [0.4, 0.5) is 0 Å². The maximum Gasteiger partial charge on any atom is -0.147 e. The van der Waals surface area contributed by atoms with Crippen molar-refractivity contribution in [1.82, 2.24) is 0 Å². The monoisotopic (exact) mass is 489 g/mol. The van der Waals surface area contributed by atoms with Crippen molar-refractivity contribution in [3.05, 3.63) is 70.8 Å². The molecule has 147 valence electrons. The zero-order valence-electron chi connectivity index (χ0n) is 17.3. The summed E-state index contributed by atoms with van der Waals surface area (Å²) in [5, 5.41) is 0. The molecule has 0 saturated carbocycles. The van der Waals surface area contributed by atoms with Crippen molar-refractivity contribution >= 4 is 36.9 Å². The average molecular weight is 492 g/mol. The minimum Gasteiger partial charge on any atom is -0.147 e. The van der Waals surface area contributed by atoms with Gasteiger partial charge in [0.15, 0.2) is 0 Å². The van der Waals surface area contributed by atoms with Crippen LogP contribution in [-0.2, 0) is 29.2 Å². The van der Waals surface area contributed by atoms with Crippen LogP contribution in [0.2, 0.25) is 0 Å². The second-order valence-corrected chi connectivity index (χ2v) is 13.1. The van der Waals surface area contributed by atoms with E-state index in [0.717, 1.165) is 12.8 Å². The van der Waals surface area contributed by atoms with E-state index in [-0.39, 0.29) is 30.2 Å². The molecule has 0 heterocycles. The first-order valence-electron chi connectivity index (χ1n) is 9.57. The van der Waals surface area contributed by atoms with Gasteiger partial charge in [-0.3, -0.25) is 0 Å². The van der Waals surface area contributed by atoms with Crippen molar-refractivity contribution < 1.29 is 22.8 Å². The Hall–Kier alpha value is -0.747. The van der Waals surface area contributed by atoms with E-state index in [1.54, 1.807) is 17.6 Å². The van der Waals surface area contributed by atoms with Gasteiger partial charge in [-0.25, -0.2) is 0 Å². The van der Waals surface area contributed by atoms with Crippen molar-refractivity contribution in [3.63, 3.8) is 0 Å². The van der Waals surface area contributed by atoms with Crippen LogP contribution in [0.5, 0.6) is 0 Å². The largest absolute Gasteiger partial charge is 0.147 e. The number of rotatable bonds is 2. The maximum absolute atomic E-state index is 2.47. The molecular formula is C25H29Cl2Zr. The first-order valence-corrected chi connectivity index (χ1v) is 12.0. The van der Waals surface area contributed by atoms with E-state index in [9.17, 15) is 0 Å². The van der Waals surface area contributed by atoms with E-state index in [0.29, 0.717) is 0 Å². The summed E-state index contributed by atoms with van der Waals surface area (Å²) in [7, 11) is 0. The van der Waals surface area contributed by atoms with Gasteiger partial charge in [0.25, 0.3) is 0 Å². The maximum atomic E-state index is 2.47. The molecule has 0 spiro atoms. The molecule has 0 amide bonds. The fraction of sp³-hybridized carbons (Fsp3) is 0.320. The third kappa shape index (κ3) is 4.38. The van der Waals surface area contributed by atoms with E-state index in [2.05, 4.69) is 83.2 Å². The molecule has 2 aromatic rings. The molecule has 3 heteroatoms. The summed E-state index contributed by atoms with van der Waals surface area (Å²) in [5.41, 5.74) is 10.9. The Kier molecular flexibility index (Phi) is 7.52. The molecule has 0 bridgehead atoms. The molecular weight excluding hydrogens is 462 g/mol. The van der Waals surface area contributed by atoms with E-state index < -0.39 is 22.8 Å². The van der Waals surface area contributed by atoms with Crippen molar-refractivity contribution in [2.24, 2.45) is 5.41 Å².